The Morgan fingerprint density at radius 1 is 1.27 bits per heavy atom. The van der Waals surface area contributed by atoms with E-state index in [0.29, 0.717) is 6.54 Å². The molecule has 0 spiro atoms. The summed E-state index contributed by atoms with van der Waals surface area (Å²) in [5, 5.41) is 17.4. The van der Waals surface area contributed by atoms with Crippen LogP contribution >= 0.6 is 0 Å². The Morgan fingerprint density at radius 2 is 1.93 bits per heavy atom. The summed E-state index contributed by atoms with van der Waals surface area (Å²) in [6, 6.07) is 0.198. The lowest BCUT2D eigenvalue weighted by Gasteiger charge is -2.27. The van der Waals surface area contributed by atoms with Crippen LogP contribution in [0.5, 0.6) is 0 Å². The maximum atomic E-state index is 11.6. The van der Waals surface area contributed by atoms with Gasteiger partial charge in [0.2, 0.25) is 0 Å². The summed E-state index contributed by atoms with van der Waals surface area (Å²) in [5.41, 5.74) is 0. The van der Waals surface area contributed by atoms with Gasteiger partial charge < -0.3 is 19.8 Å². The van der Waals surface area contributed by atoms with Crippen molar-refractivity contribution in [1.29, 1.82) is 0 Å². The fourth-order valence-electron chi connectivity index (χ4n) is 1.96. The number of carbonyl (C=O) groups excluding carboxylic acids is 1. The minimum Gasteiger partial charge on any atom is -0.447 e. The van der Waals surface area contributed by atoms with Gasteiger partial charge in [-0.05, 0) is 12.8 Å². The van der Waals surface area contributed by atoms with Crippen LogP contribution in [0.4, 0.5) is 4.79 Å². The lowest BCUT2D eigenvalue weighted by atomic mass is 10.2. The van der Waals surface area contributed by atoms with E-state index in [9.17, 15) is 4.79 Å². The number of aliphatic hydroxyl groups excluding tert-OH is 2. The van der Waals surface area contributed by atoms with Crippen molar-refractivity contribution in [3.63, 3.8) is 0 Å². The molecule has 5 heteroatoms. The Hall–Kier alpha value is -0.810. The lowest BCUT2D eigenvalue weighted by molar-refractivity contribution is 0.0646. The van der Waals surface area contributed by atoms with Gasteiger partial charge in [-0.2, -0.15) is 0 Å². The van der Waals surface area contributed by atoms with E-state index in [2.05, 4.69) is 0 Å². The molecule has 1 aliphatic rings. The molecule has 0 aromatic heterocycles. The van der Waals surface area contributed by atoms with Crippen molar-refractivity contribution in [2.45, 2.75) is 31.7 Å². The van der Waals surface area contributed by atoms with Gasteiger partial charge in [0.25, 0.3) is 0 Å². The summed E-state index contributed by atoms with van der Waals surface area (Å²) in [6.45, 7) is 0.122. The first-order chi connectivity index (χ1) is 7.29. The number of carbonyl (C=O) groups is 1. The molecular formula is C10H19NO4. The Morgan fingerprint density at radius 3 is 2.47 bits per heavy atom. The zero-order valence-corrected chi connectivity index (χ0v) is 8.89. The van der Waals surface area contributed by atoms with E-state index >= 15 is 0 Å². The highest BCUT2D eigenvalue weighted by Crippen LogP contribution is 2.23. The molecule has 1 amide bonds. The topological polar surface area (TPSA) is 70.0 Å². The van der Waals surface area contributed by atoms with Crippen LogP contribution in [0.15, 0.2) is 0 Å². The van der Waals surface area contributed by atoms with Gasteiger partial charge in [0.05, 0.1) is 13.2 Å². The van der Waals surface area contributed by atoms with E-state index in [1.165, 1.54) is 0 Å². The van der Waals surface area contributed by atoms with Gasteiger partial charge in [-0.3, -0.25) is 0 Å². The van der Waals surface area contributed by atoms with Crippen molar-refractivity contribution in [3.8, 4) is 0 Å². The third kappa shape index (κ3) is 3.68. The summed E-state index contributed by atoms with van der Waals surface area (Å²) in [6.07, 6.45) is 3.78. The van der Waals surface area contributed by atoms with E-state index in [4.69, 9.17) is 14.9 Å². The zero-order valence-electron chi connectivity index (χ0n) is 8.89. The van der Waals surface area contributed by atoms with Crippen molar-refractivity contribution in [2.75, 3.05) is 26.4 Å². The molecule has 1 rings (SSSR count). The molecule has 0 heterocycles. The van der Waals surface area contributed by atoms with E-state index < -0.39 is 6.09 Å². The number of rotatable bonds is 5. The molecule has 0 unspecified atom stereocenters. The van der Waals surface area contributed by atoms with E-state index in [-0.39, 0.29) is 25.9 Å². The predicted octanol–water partition coefficient (Wildman–Crippen LogP) is 0.352. The second-order valence-corrected chi connectivity index (χ2v) is 3.69. The maximum absolute atomic E-state index is 11.6. The standard InChI is InChI=1S/C10H19NO4/c12-6-5-11(9-3-1-2-4-9)10(14)15-8-7-13/h9,12-13H,1-8H2. The smallest absolute Gasteiger partial charge is 0.410 e. The van der Waals surface area contributed by atoms with E-state index in [1.807, 2.05) is 0 Å². The largest absolute Gasteiger partial charge is 0.447 e. The molecule has 0 atom stereocenters. The SMILES string of the molecule is O=C(OCCO)N(CCO)C1CCCC1. The summed E-state index contributed by atoms with van der Waals surface area (Å²) in [7, 11) is 0. The van der Waals surface area contributed by atoms with Crippen LogP contribution in [-0.4, -0.2) is 53.6 Å². The minimum atomic E-state index is -0.426. The summed E-state index contributed by atoms with van der Waals surface area (Å²) < 4.78 is 4.84. The highest BCUT2D eigenvalue weighted by Gasteiger charge is 2.26. The van der Waals surface area contributed by atoms with Crippen LogP contribution in [0.3, 0.4) is 0 Å². The minimum absolute atomic E-state index is 0.0213. The third-order valence-corrected chi connectivity index (χ3v) is 2.66. The number of hydrogen-bond donors (Lipinski definition) is 2. The molecule has 5 nitrogen and oxygen atoms in total. The number of amides is 1. The summed E-state index contributed by atoms with van der Waals surface area (Å²) >= 11 is 0. The molecule has 1 aliphatic carbocycles. The van der Waals surface area contributed by atoms with Crippen LogP contribution in [0.1, 0.15) is 25.7 Å². The second kappa shape index (κ2) is 6.63. The highest BCUT2D eigenvalue weighted by molar-refractivity contribution is 5.68. The zero-order chi connectivity index (χ0) is 11.1. The fraction of sp³-hybridized carbons (Fsp3) is 0.900. The Kier molecular flexibility index (Phi) is 5.42. The highest BCUT2D eigenvalue weighted by atomic mass is 16.6. The molecule has 1 saturated carbocycles. The quantitative estimate of drug-likeness (QED) is 0.697. The number of hydrogen-bond acceptors (Lipinski definition) is 4. The van der Waals surface area contributed by atoms with Gasteiger partial charge in [-0.25, -0.2) is 4.79 Å². The van der Waals surface area contributed by atoms with Crippen LogP contribution in [0.2, 0.25) is 0 Å². The molecule has 2 N–H and O–H groups in total. The van der Waals surface area contributed by atoms with Gasteiger partial charge in [-0.1, -0.05) is 12.8 Å². The Bertz CT molecular complexity index is 192. The molecule has 1 fully saturated rings. The molecule has 0 aliphatic heterocycles. The lowest BCUT2D eigenvalue weighted by Crippen LogP contribution is -2.41. The maximum Gasteiger partial charge on any atom is 0.410 e. The summed E-state index contributed by atoms with van der Waals surface area (Å²) in [5.74, 6) is 0. The molecule has 88 valence electrons. The van der Waals surface area contributed by atoms with Gasteiger partial charge >= 0.3 is 6.09 Å². The average molecular weight is 217 g/mol. The first-order valence-corrected chi connectivity index (χ1v) is 5.44. The summed E-state index contributed by atoms with van der Waals surface area (Å²) in [4.78, 5) is 13.1. The molecule has 0 bridgehead atoms. The Balaban J connectivity index is 2.43. The van der Waals surface area contributed by atoms with Crippen molar-refractivity contribution < 1.29 is 19.7 Å². The van der Waals surface area contributed by atoms with Crippen molar-refractivity contribution in [1.82, 2.24) is 4.90 Å². The first kappa shape index (κ1) is 12.3. The van der Waals surface area contributed by atoms with E-state index in [1.54, 1.807) is 4.90 Å². The van der Waals surface area contributed by atoms with Gasteiger partial charge in [0.1, 0.15) is 6.61 Å². The Labute approximate surface area is 89.6 Å². The van der Waals surface area contributed by atoms with Crippen molar-refractivity contribution in [2.24, 2.45) is 0 Å². The number of aliphatic hydroxyl groups is 2. The molecule has 0 radical (unpaired) electrons. The normalized spacial score (nSPS) is 16.7. The molecule has 0 saturated heterocycles. The monoisotopic (exact) mass is 217 g/mol. The van der Waals surface area contributed by atoms with Crippen molar-refractivity contribution in [3.05, 3.63) is 0 Å². The molecule has 15 heavy (non-hydrogen) atoms. The molecule has 0 aromatic carbocycles. The van der Waals surface area contributed by atoms with E-state index in [0.717, 1.165) is 25.7 Å². The second-order valence-electron chi connectivity index (χ2n) is 3.69. The van der Waals surface area contributed by atoms with Crippen molar-refractivity contribution >= 4 is 6.09 Å². The van der Waals surface area contributed by atoms with Crippen LogP contribution in [-0.2, 0) is 4.74 Å². The predicted molar refractivity (Wildman–Crippen MR) is 54.5 cm³/mol. The number of nitrogens with zero attached hydrogens (tertiary/aromatic N) is 1. The number of ether oxygens (including phenoxy) is 1. The molecular weight excluding hydrogens is 198 g/mol. The fourth-order valence-corrected chi connectivity index (χ4v) is 1.96. The van der Waals surface area contributed by atoms with Crippen LogP contribution in [0.25, 0.3) is 0 Å². The molecule has 0 aromatic rings. The van der Waals surface area contributed by atoms with Crippen LogP contribution < -0.4 is 0 Å². The van der Waals surface area contributed by atoms with Crippen LogP contribution in [0, 0.1) is 0 Å². The average Bonchev–Trinajstić information content (AvgIpc) is 2.75. The van der Waals surface area contributed by atoms with Gasteiger partial charge in [0.15, 0.2) is 0 Å². The van der Waals surface area contributed by atoms with Gasteiger partial charge in [0, 0.05) is 12.6 Å². The third-order valence-electron chi connectivity index (χ3n) is 2.66. The first-order valence-electron chi connectivity index (χ1n) is 5.44. The van der Waals surface area contributed by atoms with Gasteiger partial charge in [-0.15, -0.1) is 0 Å².